The summed E-state index contributed by atoms with van der Waals surface area (Å²) in [5.41, 5.74) is 5.59. The minimum atomic E-state index is 0.731. The van der Waals surface area contributed by atoms with Crippen molar-refractivity contribution in [1.82, 2.24) is 4.90 Å². The van der Waals surface area contributed by atoms with Crippen LogP contribution in [0.5, 0.6) is 0 Å². The SMILES string of the molecule is CCCCCCCCCCCCC(C)CN.CCCCCCCCCCCCN(CCCCCCCCCCCC)CCCCCCCCCCCC. The molecule has 0 radical (unpaired) electrons. The summed E-state index contributed by atoms with van der Waals surface area (Å²) in [6.07, 6.45) is 59.2. The van der Waals surface area contributed by atoms with Crippen LogP contribution in [-0.4, -0.2) is 31.1 Å². The molecule has 0 fully saturated rings. The van der Waals surface area contributed by atoms with Crippen LogP contribution in [0.2, 0.25) is 0 Å². The summed E-state index contributed by atoms with van der Waals surface area (Å²) in [6.45, 7) is 16.4. The predicted octanol–water partition coefficient (Wildman–Crippen LogP) is 17.9. The van der Waals surface area contributed by atoms with E-state index in [1.807, 2.05) is 0 Å². The van der Waals surface area contributed by atoms with Crippen LogP contribution in [-0.2, 0) is 0 Å². The second kappa shape index (κ2) is 51.9. The van der Waals surface area contributed by atoms with Crippen molar-refractivity contribution in [3.8, 4) is 0 Å². The largest absolute Gasteiger partial charge is 0.330 e. The second-order valence-corrected chi connectivity index (χ2v) is 17.7. The molecule has 0 aromatic heterocycles. The lowest BCUT2D eigenvalue weighted by atomic mass is 10.0. The highest BCUT2D eigenvalue weighted by Crippen LogP contribution is 2.16. The zero-order chi connectivity index (χ0) is 39.0. The Labute approximate surface area is 339 Å². The molecule has 2 heteroatoms. The first-order chi connectivity index (χ1) is 26.2. The lowest BCUT2D eigenvalue weighted by molar-refractivity contribution is 0.254. The molecule has 0 aliphatic carbocycles. The van der Waals surface area contributed by atoms with E-state index >= 15 is 0 Å². The van der Waals surface area contributed by atoms with Crippen molar-refractivity contribution in [1.29, 1.82) is 0 Å². The van der Waals surface area contributed by atoms with Gasteiger partial charge in [0.2, 0.25) is 0 Å². The van der Waals surface area contributed by atoms with Crippen LogP contribution in [0, 0.1) is 5.92 Å². The van der Waals surface area contributed by atoms with E-state index in [-0.39, 0.29) is 0 Å². The van der Waals surface area contributed by atoms with Gasteiger partial charge >= 0.3 is 0 Å². The summed E-state index contributed by atoms with van der Waals surface area (Å²) in [5, 5.41) is 0. The van der Waals surface area contributed by atoms with Crippen molar-refractivity contribution in [2.45, 2.75) is 298 Å². The van der Waals surface area contributed by atoms with Gasteiger partial charge in [0.25, 0.3) is 0 Å². The van der Waals surface area contributed by atoms with Crippen molar-refractivity contribution in [2.75, 3.05) is 26.2 Å². The molecule has 1 atom stereocenters. The highest BCUT2D eigenvalue weighted by Gasteiger charge is 2.05. The van der Waals surface area contributed by atoms with Gasteiger partial charge in [-0.05, 0) is 57.8 Å². The Morgan fingerprint density at radius 2 is 0.472 bits per heavy atom. The summed E-state index contributed by atoms with van der Waals surface area (Å²) in [4.78, 5) is 2.85. The van der Waals surface area contributed by atoms with Gasteiger partial charge in [0, 0.05) is 0 Å². The molecule has 0 aromatic rings. The summed E-state index contributed by atoms with van der Waals surface area (Å²) in [5.74, 6) is 0.731. The molecule has 0 rings (SSSR count). The fourth-order valence-corrected chi connectivity index (χ4v) is 7.90. The lowest BCUT2D eigenvalue weighted by Gasteiger charge is -2.22. The molecular weight excluding hydrogens is 641 g/mol. The van der Waals surface area contributed by atoms with E-state index in [9.17, 15) is 0 Å². The zero-order valence-corrected chi connectivity index (χ0v) is 38.4. The summed E-state index contributed by atoms with van der Waals surface area (Å²) in [7, 11) is 0. The Hall–Kier alpha value is -0.0800. The van der Waals surface area contributed by atoms with Gasteiger partial charge in [0.15, 0.2) is 0 Å². The van der Waals surface area contributed by atoms with Crippen molar-refractivity contribution in [3.63, 3.8) is 0 Å². The van der Waals surface area contributed by atoms with Gasteiger partial charge in [-0.1, -0.05) is 272 Å². The van der Waals surface area contributed by atoms with Gasteiger partial charge in [-0.25, -0.2) is 0 Å². The predicted molar refractivity (Wildman–Crippen MR) is 247 cm³/mol. The molecule has 0 bridgehead atoms. The molecule has 2 N–H and O–H groups in total. The third-order valence-electron chi connectivity index (χ3n) is 11.9. The van der Waals surface area contributed by atoms with E-state index in [1.54, 1.807) is 0 Å². The van der Waals surface area contributed by atoms with Crippen molar-refractivity contribution in [3.05, 3.63) is 0 Å². The third-order valence-corrected chi connectivity index (χ3v) is 11.9. The lowest BCUT2D eigenvalue weighted by Crippen LogP contribution is -2.27. The van der Waals surface area contributed by atoms with E-state index < -0.39 is 0 Å². The van der Waals surface area contributed by atoms with Crippen molar-refractivity contribution in [2.24, 2.45) is 11.7 Å². The summed E-state index contributed by atoms with van der Waals surface area (Å²) < 4.78 is 0. The Morgan fingerprint density at radius 3 is 0.679 bits per heavy atom. The monoisotopic (exact) mass is 749 g/mol. The first kappa shape index (κ1) is 55.0. The Bertz CT molecular complexity index is 534. The van der Waals surface area contributed by atoms with E-state index in [2.05, 4.69) is 39.5 Å². The molecule has 0 spiro atoms. The smallest absolute Gasteiger partial charge is 0.00187 e. The Morgan fingerprint density at radius 1 is 0.283 bits per heavy atom. The summed E-state index contributed by atoms with van der Waals surface area (Å²) >= 11 is 0. The highest BCUT2D eigenvalue weighted by molar-refractivity contribution is 4.61. The molecule has 0 heterocycles. The molecule has 0 saturated carbocycles. The maximum atomic E-state index is 5.59. The molecule has 0 amide bonds. The third kappa shape index (κ3) is 51.9. The average Bonchev–Trinajstić information content (AvgIpc) is 3.17. The van der Waals surface area contributed by atoms with Gasteiger partial charge in [0.05, 0.1) is 0 Å². The molecule has 0 saturated heterocycles. The summed E-state index contributed by atoms with van der Waals surface area (Å²) in [6, 6.07) is 0. The highest BCUT2D eigenvalue weighted by atomic mass is 15.1. The molecule has 0 aromatic carbocycles. The number of nitrogens with zero attached hydrogens (tertiary/aromatic N) is 1. The Balaban J connectivity index is 0. The van der Waals surface area contributed by atoms with E-state index in [4.69, 9.17) is 5.73 Å². The van der Waals surface area contributed by atoms with E-state index in [0.717, 1.165) is 12.5 Å². The molecule has 0 aliphatic heterocycles. The molecule has 53 heavy (non-hydrogen) atoms. The first-order valence-corrected chi connectivity index (χ1v) is 25.6. The fraction of sp³-hybridized carbons (Fsp3) is 1.00. The number of rotatable bonds is 45. The van der Waals surface area contributed by atoms with Crippen LogP contribution in [0.25, 0.3) is 0 Å². The molecule has 322 valence electrons. The van der Waals surface area contributed by atoms with Gasteiger partial charge < -0.3 is 10.6 Å². The zero-order valence-electron chi connectivity index (χ0n) is 38.4. The van der Waals surface area contributed by atoms with Crippen molar-refractivity contribution < 1.29 is 0 Å². The number of nitrogens with two attached hydrogens (primary N) is 1. The first-order valence-electron chi connectivity index (χ1n) is 25.6. The van der Waals surface area contributed by atoms with Crippen molar-refractivity contribution >= 4 is 0 Å². The minimum absolute atomic E-state index is 0.731. The van der Waals surface area contributed by atoms with Gasteiger partial charge in [-0.15, -0.1) is 0 Å². The van der Waals surface area contributed by atoms with Crippen LogP contribution in [0.1, 0.15) is 298 Å². The standard InChI is InChI=1S/C36H75N.C15H33N/c1-4-7-10-13-16-19-22-25-28-31-34-37(35-32-29-26-23-20-17-14-11-8-5-2)36-33-30-27-24-21-18-15-12-9-6-3;1-3-4-5-6-7-8-9-10-11-12-13-15(2)14-16/h4-36H2,1-3H3;15H,3-14,16H2,1-2H3. The van der Waals surface area contributed by atoms with Crippen LogP contribution >= 0.6 is 0 Å². The van der Waals surface area contributed by atoms with Crippen LogP contribution in [0.15, 0.2) is 0 Å². The number of hydrogen-bond donors (Lipinski definition) is 1. The number of hydrogen-bond acceptors (Lipinski definition) is 2. The molecule has 0 aliphatic rings. The molecule has 1 unspecified atom stereocenters. The Kier molecular flexibility index (Phi) is 53.9. The normalized spacial score (nSPS) is 12.1. The van der Waals surface area contributed by atoms with E-state index in [0.29, 0.717) is 0 Å². The fourth-order valence-electron chi connectivity index (χ4n) is 7.90. The number of unbranched alkanes of at least 4 members (excludes halogenated alkanes) is 36. The maximum absolute atomic E-state index is 5.59. The quantitative estimate of drug-likeness (QED) is 0.0628. The topological polar surface area (TPSA) is 29.3 Å². The average molecular weight is 749 g/mol. The van der Waals surface area contributed by atoms with Gasteiger partial charge in [0.1, 0.15) is 0 Å². The van der Waals surface area contributed by atoms with Gasteiger partial charge in [-0.2, -0.15) is 0 Å². The minimum Gasteiger partial charge on any atom is -0.330 e. The molecular formula is C51H108N2. The van der Waals surface area contributed by atoms with Crippen LogP contribution < -0.4 is 5.73 Å². The van der Waals surface area contributed by atoms with Gasteiger partial charge in [-0.3, -0.25) is 0 Å². The van der Waals surface area contributed by atoms with Crippen LogP contribution in [0.3, 0.4) is 0 Å². The van der Waals surface area contributed by atoms with Crippen LogP contribution in [0.4, 0.5) is 0 Å². The maximum Gasteiger partial charge on any atom is -0.00187 e. The molecule has 2 nitrogen and oxygen atoms in total. The second-order valence-electron chi connectivity index (χ2n) is 17.7. The van der Waals surface area contributed by atoms with E-state index in [1.165, 1.54) is 283 Å².